The highest BCUT2D eigenvalue weighted by atomic mass is 16.6. The molecule has 0 spiro atoms. The van der Waals surface area contributed by atoms with E-state index in [1.54, 1.807) is 4.90 Å². The van der Waals surface area contributed by atoms with E-state index < -0.39 is 5.60 Å². The lowest BCUT2D eigenvalue weighted by Crippen LogP contribution is -2.54. The quantitative estimate of drug-likeness (QED) is 0.783. The molecule has 0 unspecified atom stereocenters. The van der Waals surface area contributed by atoms with E-state index in [4.69, 9.17) is 4.74 Å². The van der Waals surface area contributed by atoms with E-state index in [0.29, 0.717) is 19.1 Å². The van der Waals surface area contributed by atoms with Gasteiger partial charge in [-0.1, -0.05) is 0 Å². The Morgan fingerprint density at radius 2 is 1.79 bits per heavy atom. The summed E-state index contributed by atoms with van der Waals surface area (Å²) in [7, 11) is 0. The molecule has 5 nitrogen and oxygen atoms in total. The highest BCUT2D eigenvalue weighted by Crippen LogP contribution is 2.25. The summed E-state index contributed by atoms with van der Waals surface area (Å²) in [4.78, 5) is 16.0. The zero-order valence-electron chi connectivity index (χ0n) is 12.3. The normalized spacial score (nSPS) is 29.6. The number of hydrogen-bond acceptors (Lipinski definition) is 4. The minimum atomic E-state index is -0.435. The fraction of sp³-hybridized carbons (Fsp3) is 0.929. The van der Waals surface area contributed by atoms with Gasteiger partial charge in [-0.05, 0) is 40.0 Å². The molecular formula is C14H26N2O3. The first-order valence-electron chi connectivity index (χ1n) is 7.27. The molecule has 0 aromatic carbocycles. The van der Waals surface area contributed by atoms with Gasteiger partial charge in [-0.15, -0.1) is 0 Å². The van der Waals surface area contributed by atoms with E-state index in [0.717, 1.165) is 32.4 Å². The maximum Gasteiger partial charge on any atom is 0.410 e. The summed E-state index contributed by atoms with van der Waals surface area (Å²) < 4.78 is 5.38. The van der Waals surface area contributed by atoms with Gasteiger partial charge in [0.2, 0.25) is 0 Å². The van der Waals surface area contributed by atoms with Crippen LogP contribution in [0.3, 0.4) is 0 Å². The van der Waals surface area contributed by atoms with Gasteiger partial charge in [-0.3, -0.25) is 4.90 Å². The second-order valence-electron chi connectivity index (χ2n) is 6.57. The number of carbonyl (C=O) groups is 1. The highest BCUT2D eigenvalue weighted by molar-refractivity contribution is 5.68. The Balaban J connectivity index is 1.80. The number of aliphatic hydroxyl groups is 1. The molecule has 1 saturated heterocycles. The molecule has 0 aromatic rings. The van der Waals surface area contributed by atoms with Crippen molar-refractivity contribution in [2.24, 2.45) is 0 Å². The number of ether oxygens (including phenoxy) is 1. The van der Waals surface area contributed by atoms with E-state index in [1.807, 2.05) is 20.8 Å². The number of hydrogen-bond donors (Lipinski definition) is 1. The SMILES string of the molecule is CC(C)(C)OC(=O)N1CCN([C@H]2CCC[C@@H]2O)CC1. The van der Waals surface area contributed by atoms with Gasteiger partial charge in [0.1, 0.15) is 5.60 Å². The predicted octanol–water partition coefficient (Wildman–Crippen LogP) is 1.45. The molecule has 110 valence electrons. The highest BCUT2D eigenvalue weighted by Gasteiger charge is 2.34. The minimum Gasteiger partial charge on any atom is -0.444 e. The smallest absolute Gasteiger partial charge is 0.410 e. The fourth-order valence-electron chi connectivity index (χ4n) is 2.91. The van der Waals surface area contributed by atoms with Crippen LogP contribution in [0.15, 0.2) is 0 Å². The van der Waals surface area contributed by atoms with Crippen molar-refractivity contribution < 1.29 is 14.6 Å². The van der Waals surface area contributed by atoms with Crippen LogP contribution in [0, 0.1) is 0 Å². The van der Waals surface area contributed by atoms with Crippen LogP contribution < -0.4 is 0 Å². The third-order valence-corrected chi connectivity index (χ3v) is 3.88. The van der Waals surface area contributed by atoms with Crippen molar-refractivity contribution in [3.05, 3.63) is 0 Å². The molecule has 1 aliphatic heterocycles. The Hall–Kier alpha value is -0.810. The zero-order chi connectivity index (χ0) is 14.0. The third kappa shape index (κ3) is 3.83. The van der Waals surface area contributed by atoms with Crippen LogP contribution in [0.25, 0.3) is 0 Å². The van der Waals surface area contributed by atoms with Crippen molar-refractivity contribution in [3.63, 3.8) is 0 Å². The minimum absolute atomic E-state index is 0.187. The molecule has 19 heavy (non-hydrogen) atoms. The summed E-state index contributed by atoms with van der Waals surface area (Å²) in [5, 5.41) is 9.92. The lowest BCUT2D eigenvalue weighted by molar-refractivity contribution is 0.000914. The van der Waals surface area contributed by atoms with Gasteiger partial charge < -0.3 is 14.7 Å². The molecule has 1 amide bonds. The molecule has 0 aromatic heterocycles. The van der Waals surface area contributed by atoms with Gasteiger partial charge in [0.05, 0.1) is 6.10 Å². The maximum atomic E-state index is 11.9. The topological polar surface area (TPSA) is 53.0 Å². The van der Waals surface area contributed by atoms with Crippen molar-refractivity contribution in [1.82, 2.24) is 9.80 Å². The van der Waals surface area contributed by atoms with Crippen molar-refractivity contribution in [3.8, 4) is 0 Å². The van der Waals surface area contributed by atoms with Crippen LogP contribution in [0.4, 0.5) is 4.79 Å². The summed E-state index contributed by atoms with van der Waals surface area (Å²) in [5.41, 5.74) is -0.435. The molecule has 1 N–H and O–H groups in total. The van der Waals surface area contributed by atoms with E-state index >= 15 is 0 Å². The summed E-state index contributed by atoms with van der Waals surface area (Å²) in [5.74, 6) is 0. The molecule has 0 bridgehead atoms. The van der Waals surface area contributed by atoms with Crippen molar-refractivity contribution in [2.75, 3.05) is 26.2 Å². The summed E-state index contributed by atoms with van der Waals surface area (Å²) in [6, 6.07) is 0.292. The molecule has 5 heteroatoms. The largest absolute Gasteiger partial charge is 0.444 e. The molecule has 2 rings (SSSR count). The average molecular weight is 270 g/mol. The van der Waals surface area contributed by atoms with Gasteiger partial charge >= 0.3 is 6.09 Å². The standard InChI is InChI=1S/C14H26N2O3/c1-14(2,3)19-13(18)16-9-7-15(8-10-16)11-5-4-6-12(11)17/h11-12,17H,4-10H2,1-3H3/t11-,12-/m0/s1. The van der Waals surface area contributed by atoms with Gasteiger partial charge in [-0.2, -0.15) is 0 Å². The van der Waals surface area contributed by atoms with Gasteiger partial charge in [0.15, 0.2) is 0 Å². The molecule has 2 aliphatic rings. The monoisotopic (exact) mass is 270 g/mol. The lowest BCUT2D eigenvalue weighted by Gasteiger charge is -2.39. The number of carbonyl (C=O) groups excluding carboxylic acids is 1. The van der Waals surface area contributed by atoms with Crippen molar-refractivity contribution in [1.29, 1.82) is 0 Å². The zero-order valence-corrected chi connectivity index (χ0v) is 12.3. The number of nitrogens with zero attached hydrogens (tertiary/aromatic N) is 2. The van der Waals surface area contributed by atoms with Gasteiger partial charge in [0.25, 0.3) is 0 Å². The molecular weight excluding hydrogens is 244 g/mol. The first-order valence-corrected chi connectivity index (χ1v) is 7.27. The maximum absolute atomic E-state index is 11.9. The van der Waals surface area contributed by atoms with Crippen LogP contribution in [-0.2, 0) is 4.74 Å². The van der Waals surface area contributed by atoms with E-state index in [-0.39, 0.29) is 12.2 Å². The first kappa shape index (κ1) is 14.6. The molecule has 2 atom stereocenters. The molecule has 2 fully saturated rings. The van der Waals surface area contributed by atoms with Gasteiger partial charge in [-0.25, -0.2) is 4.79 Å². The van der Waals surface area contributed by atoms with Crippen LogP contribution in [0.5, 0.6) is 0 Å². The number of piperazine rings is 1. The van der Waals surface area contributed by atoms with Crippen molar-refractivity contribution in [2.45, 2.75) is 57.8 Å². The molecule has 0 radical (unpaired) electrons. The van der Waals surface area contributed by atoms with E-state index in [2.05, 4.69) is 4.90 Å². The van der Waals surface area contributed by atoms with Crippen LogP contribution in [-0.4, -0.2) is 64.9 Å². The molecule has 1 saturated carbocycles. The van der Waals surface area contributed by atoms with Crippen molar-refractivity contribution >= 4 is 6.09 Å². The van der Waals surface area contributed by atoms with Crippen LogP contribution in [0.1, 0.15) is 40.0 Å². The predicted molar refractivity (Wildman–Crippen MR) is 73.0 cm³/mol. The van der Waals surface area contributed by atoms with Crippen LogP contribution >= 0.6 is 0 Å². The summed E-state index contributed by atoms with van der Waals surface area (Å²) >= 11 is 0. The average Bonchev–Trinajstić information content (AvgIpc) is 2.73. The number of amides is 1. The summed E-state index contributed by atoms with van der Waals surface area (Å²) in [6.45, 7) is 8.71. The number of rotatable bonds is 1. The molecule has 1 heterocycles. The Bertz CT molecular complexity index is 319. The Kier molecular flexibility index (Phi) is 4.36. The number of aliphatic hydroxyl groups excluding tert-OH is 1. The van der Waals surface area contributed by atoms with Gasteiger partial charge in [0, 0.05) is 32.2 Å². The first-order chi connectivity index (χ1) is 8.87. The second kappa shape index (κ2) is 5.67. The second-order valence-corrected chi connectivity index (χ2v) is 6.57. The Morgan fingerprint density at radius 1 is 1.16 bits per heavy atom. The molecule has 1 aliphatic carbocycles. The third-order valence-electron chi connectivity index (χ3n) is 3.88. The Morgan fingerprint density at radius 3 is 2.26 bits per heavy atom. The van der Waals surface area contributed by atoms with E-state index in [9.17, 15) is 9.90 Å². The summed E-state index contributed by atoms with van der Waals surface area (Å²) in [6.07, 6.45) is 2.69. The van der Waals surface area contributed by atoms with Crippen LogP contribution in [0.2, 0.25) is 0 Å². The fourth-order valence-corrected chi connectivity index (χ4v) is 2.91. The Labute approximate surface area is 115 Å². The lowest BCUT2D eigenvalue weighted by atomic mass is 10.1. The van der Waals surface area contributed by atoms with E-state index in [1.165, 1.54) is 0 Å².